The standard InChI is InChI=1S/C14H12N4O3.C4H10O/c15-7-10-6-9-2-1-4-16-12(9)13(17-10)21-11-3-5-18(8-11)14(19)20;1-4(2,3)5/h1-2,4,6,11H,3,5,8H2,(H,19,20);5H,1-3H3/t11-;/m0./s1. The van der Waals surface area contributed by atoms with Gasteiger partial charge >= 0.3 is 6.09 Å². The van der Waals surface area contributed by atoms with Crippen molar-refractivity contribution in [2.24, 2.45) is 0 Å². The van der Waals surface area contributed by atoms with E-state index in [0.29, 0.717) is 25.0 Å². The molecule has 8 nitrogen and oxygen atoms in total. The molecule has 3 rings (SSSR count). The van der Waals surface area contributed by atoms with E-state index in [1.54, 1.807) is 39.1 Å². The van der Waals surface area contributed by atoms with E-state index >= 15 is 0 Å². The molecule has 0 aliphatic carbocycles. The zero-order chi connectivity index (χ0) is 19.3. The molecule has 2 aromatic heterocycles. The molecule has 2 N–H and O–H groups in total. The van der Waals surface area contributed by atoms with Crippen LogP contribution in [-0.4, -0.2) is 56.0 Å². The Morgan fingerprint density at radius 2 is 2.15 bits per heavy atom. The second-order valence-electron chi connectivity index (χ2n) is 6.93. The Hall–Kier alpha value is -2.92. The number of rotatable bonds is 2. The maximum absolute atomic E-state index is 10.9. The molecule has 2 aromatic rings. The fraction of sp³-hybridized carbons (Fsp3) is 0.444. The van der Waals surface area contributed by atoms with Crippen LogP contribution in [0.1, 0.15) is 32.9 Å². The molecule has 0 bridgehead atoms. The van der Waals surface area contributed by atoms with Crippen LogP contribution < -0.4 is 4.74 Å². The fourth-order valence-electron chi connectivity index (χ4n) is 2.35. The molecule has 26 heavy (non-hydrogen) atoms. The summed E-state index contributed by atoms with van der Waals surface area (Å²) in [6, 6.07) is 7.24. The Bertz CT molecular complexity index is 820. The number of aliphatic hydroxyl groups is 1. The predicted molar refractivity (Wildman–Crippen MR) is 94.9 cm³/mol. The fourth-order valence-corrected chi connectivity index (χ4v) is 2.35. The summed E-state index contributed by atoms with van der Waals surface area (Å²) in [4.78, 5) is 20.6. The van der Waals surface area contributed by atoms with Crippen LogP contribution in [0.15, 0.2) is 24.4 Å². The highest BCUT2D eigenvalue weighted by atomic mass is 16.5. The van der Waals surface area contributed by atoms with Gasteiger partial charge in [0, 0.05) is 24.5 Å². The van der Waals surface area contributed by atoms with Crippen LogP contribution in [0, 0.1) is 11.3 Å². The molecular weight excluding hydrogens is 336 g/mol. The topological polar surface area (TPSA) is 120 Å². The van der Waals surface area contributed by atoms with Crippen LogP contribution in [0.5, 0.6) is 5.88 Å². The smallest absolute Gasteiger partial charge is 0.407 e. The monoisotopic (exact) mass is 358 g/mol. The lowest BCUT2D eigenvalue weighted by atomic mass is 10.2. The number of amides is 1. The molecular formula is C18H22N4O4. The minimum absolute atomic E-state index is 0.249. The van der Waals surface area contributed by atoms with Gasteiger partial charge in [0.2, 0.25) is 5.88 Å². The molecule has 0 aromatic carbocycles. The van der Waals surface area contributed by atoms with Crippen LogP contribution in [0.2, 0.25) is 0 Å². The molecule has 8 heteroatoms. The molecule has 0 radical (unpaired) electrons. The van der Waals surface area contributed by atoms with Gasteiger partial charge in [-0.15, -0.1) is 0 Å². The van der Waals surface area contributed by atoms with Crippen molar-refractivity contribution in [3.8, 4) is 11.9 Å². The number of likely N-dealkylation sites (tertiary alicyclic amines) is 1. The minimum atomic E-state index is -0.956. The van der Waals surface area contributed by atoms with Crippen molar-refractivity contribution in [1.82, 2.24) is 14.9 Å². The highest BCUT2D eigenvalue weighted by molar-refractivity contribution is 5.83. The first kappa shape index (κ1) is 19.4. The number of carboxylic acid groups (broad SMARTS) is 1. The first-order valence-electron chi connectivity index (χ1n) is 8.20. The van der Waals surface area contributed by atoms with E-state index in [-0.39, 0.29) is 17.7 Å². The predicted octanol–water partition coefficient (Wildman–Crippen LogP) is 2.41. The number of carbonyl (C=O) groups is 1. The Morgan fingerprint density at radius 1 is 1.46 bits per heavy atom. The normalized spacial score (nSPS) is 16.6. The average molecular weight is 358 g/mol. The second kappa shape index (κ2) is 7.97. The lowest BCUT2D eigenvalue weighted by Crippen LogP contribution is -2.29. The SMILES string of the molecule is CC(C)(C)O.N#Cc1cc2cccnc2c(O[C@H]2CCN(C(=O)O)C2)n1. The van der Waals surface area contributed by atoms with Crippen LogP contribution in [0.3, 0.4) is 0 Å². The number of nitrogens with zero attached hydrogens (tertiary/aromatic N) is 4. The number of hydrogen-bond acceptors (Lipinski definition) is 6. The van der Waals surface area contributed by atoms with E-state index in [9.17, 15) is 4.79 Å². The summed E-state index contributed by atoms with van der Waals surface area (Å²) in [5.74, 6) is 0.280. The molecule has 1 amide bonds. The van der Waals surface area contributed by atoms with Gasteiger partial charge in [-0.25, -0.2) is 9.78 Å². The van der Waals surface area contributed by atoms with E-state index < -0.39 is 11.7 Å². The lowest BCUT2D eigenvalue weighted by molar-refractivity contribution is 0.102. The van der Waals surface area contributed by atoms with Gasteiger partial charge in [0.1, 0.15) is 23.4 Å². The van der Waals surface area contributed by atoms with E-state index in [0.717, 1.165) is 5.39 Å². The lowest BCUT2D eigenvalue weighted by Gasteiger charge is -2.14. The van der Waals surface area contributed by atoms with Crippen molar-refractivity contribution in [1.29, 1.82) is 5.26 Å². The van der Waals surface area contributed by atoms with Gasteiger partial charge in [-0.1, -0.05) is 6.07 Å². The van der Waals surface area contributed by atoms with Crippen molar-refractivity contribution in [3.63, 3.8) is 0 Å². The van der Waals surface area contributed by atoms with Gasteiger partial charge in [-0.2, -0.15) is 5.26 Å². The zero-order valence-electron chi connectivity index (χ0n) is 15.0. The van der Waals surface area contributed by atoms with Crippen LogP contribution in [0.25, 0.3) is 10.9 Å². The summed E-state index contributed by atoms with van der Waals surface area (Å²) < 4.78 is 5.78. The molecule has 1 saturated heterocycles. The van der Waals surface area contributed by atoms with E-state index in [2.05, 4.69) is 9.97 Å². The molecule has 1 atom stereocenters. The molecule has 138 valence electrons. The molecule has 1 aliphatic rings. The zero-order valence-corrected chi connectivity index (χ0v) is 15.0. The van der Waals surface area contributed by atoms with Gasteiger partial charge < -0.3 is 19.8 Å². The second-order valence-corrected chi connectivity index (χ2v) is 6.93. The number of aromatic nitrogens is 2. The molecule has 0 saturated carbocycles. The van der Waals surface area contributed by atoms with Gasteiger partial charge in [0.15, 0.2) is 0 Å². The number of pyridine rings is 2. The molecule has 3 heterocycles. The first-order chi connectivity index (χ1) is 12.2. The Kier molecular flexibility index (Phi) is 5.95. The Balaban J connectivity index is 0.000000431. The Labute approximate surface area is 151 Å². The number of ether oxygens (including phenoxy) is 1. The summed E-state index contributed by atoms with van der Waals surface area (Å²) >= 11 is 0. The molecule has 1 aliphatic heterocycles. The summed E-state index contributed by atoms with van der Waals surface area (Å²) in [5.41, 5.74) is 0.323. The van der Waals surface area contributed by atoms with E-state index in [1.807, 2.05) is 12.1 Å². The van der Waals surface area contributed by atoms with Crippen molar-refractivity contribution in [2.75, 3.05) is 13.1 Å². The summed E-state index contributed by atoms with van der Waals surface area (Å²) in [6.45, 7) is 5.96. The van der Waals surface area contributed by atoms with Crippen molar-refractivity contribution >= 4 is 17.0 Å². The quantitative estimate of drug-likeness (QED) is 0.846. The van der Waals surface area contributed by atoms with Crippen LogP contribution in [0.4, 0.5) is 4.79 Å². The van der Waals surface area contributed by atoms with E-state index in [1.165, 1.54) is 4.90 Å². The minimum Gasteiger partial charge on any atom is -0.471 e. The maximum Gasteiger partial charge on any atom is 0.407 e. The van der Waals surface area contributed by atoms with Crippen molar-refractivity contribution in [3.05, 3.63) is 30.1 Å². The number of hydrogen-bond donors (Lipinski definition) is 2. The summed E-state index contributed by atoms with van der Waals surface area (Å²) in [6.07, 6.45) is 0.996. The maximum atomic E-state index is 10.9. The number of fused-ring (bicyclic) bond motifs is 1. The number of nitriles is 1. The molecule has 0 unspecified atom stereocenters. The Morgan fingerprint density at radius 3 is 2.73 bits per heavy atom. The summed E-state index contributed by atoms with van der Waals surface area (Å²) in [7, 11) is 0. The third kappa shape index (κ3) is 5.57. The third-order valence-electron chi connectivity index (χ3n) is 3.36. The van der Waals surface area contributed by atoms with Gasteiger partial charge in [0.25, 0.3) is 0 Å². The third-order valence-corrected chi connectivity index (χ3v) is 3.36. The highest BCUT2D eigenvalue weighted by Gasteiger charge is 2.28. The van der Waals surface area contributed by atoms with Crippen molar-refractivity contribution < 1.29 is 19.7 Å². The molecule has 0 spiro atoms. The van der Waals surface area contributed by atoms with Crippen molar-refractivity contribution in [2.45, 2.75) is 38.9 Å². The molecule has 1 fully saturated rings. The summed E-state index contributed by atoms with van der Waals surface area (Å²) in [5, 5.41) is 27.3. The average Bonchev–Trinajstić information content (AvgIpc) is 3.02. The van der Waals surface area contributed by atoms with Crippen LogP contribution >= 0.6 is 0 Å². The highest BCUT2D eigenvalue weighted by Crippen LogP contribution is 2.25. The largest absolute Gasteiger partial charge is 0.471 e. The van der Waals surface area contributed by atoms with Gasteiger partial charge in [-0.05, 0) is 32.9 Å². The first-order valence-corrected chi connectivity index (χ1v) is 8.20. The van der Waals surface area contributed by atoms with Gasteiger partial charge in [-0.3, -0.25) is 4.98 Å². The van der Waals surface area contributed by atoms with E-state index in [4.69, 9.17) is 20.2 Å². The van der Waals surface area contributed by atoms with Crippen LogP contribution in [-0.2, 0) is 0 Å². The van der Waals surface area contributed by atoms with Gasteiger partial charge in [0.05, 0.1) is 12.1 Å².